The van der Waals surface area contributed by atoms with Crippen molar-refractivity contribution in [3.63, 3.8) is 0 Å². The lowest BCUT2D eigenvalue weighted by Crippen LogP contribution is -2.64. The first-order valence-corrected chi connectivity index (χ1v) is 5.68. The molecular weight excluding hydrogens is 192 g/mol. The van der Waals surface area contributed by atoms with Gasteiger partial charge in [0.25, 0.3) is 0 Å². The van der Waals surface area contributed by atoms with Gasteiger partial charge in [0.1, 0.15) is 5.60 Å². The topological polar surface area (TPSA) is 41.6 Å². The molecule has 2 aliphatic heterocycles. The number of nitrogens with one attached hydrogen (secondary N) is 1. The van der Waals surface area contributed by atoms with Crippen LogP contribution in [0.3, 0.4) is 0 Å². The van der Waals surface area contributed by atoms with Crippen LogP contribution in [-0.2, 0) is 4.74 Å². The summed E-state index contributed by atoms with van der Waals surface area (Å²) in [6, 6.07) is 0.418. The minimum Gasteiger partial charge on any atom is -0.444 e. The molecule has 0 aromatic heterocycles. The Morgan fingerprint density at radius 3 is 2.80 bits per heavy atom. The average molecular weight is 212 g/mol. The Hall–Kier alpha value is -0.770. The Kier molecular flexibility index (Phi) is 2.63. The smallest absolute Gasteiger partial charge is 0.410 e. The molecule has 0 spiro atoms. The van der Waals surface area contributed by atoms with Crippen LogP contribution in [0.4, 0.5) is 4.79 Å². The summed E-state index contributed by atoms with van der Waals surface area (Å²) in [5.41, 5.74) is -0.380. The molecule has 2 atom stereocenters. The van der Waals surface area contributed by atoms with Gasteiger partial charge in [-0.25, -0.2) is 4.79 Å². The van der Waals surface area contributed by atoms with Gasteiger partial charge in [-0.3, -0.25) is 0 Å². The van der Waals surface area contributed by atoms with Gasteiger partial charge in [0.05, 0.1) is 0 Å². The van der Waals surface area contributed by atoms with Crippen LogP contribution in [0.5, 0.6) is 0 Å². The fraction of sp³-hybridized carbons (Fsp3) is 0.909. The normalized spacial score (nSPS) is 30.5. The maximum Gasteiger partial charge on any atom is 0.410 e. The SMILES string of the molecule is CC(C)(C)OC(=O)N1C[C@H]2CNCC[C@H]21. The molecule has 2 heterocycles. The molecule has 0 aromatic carbocycles. The number of carbonyl (C=O) groups is 1. The van der Waals surface area contributed by atoms with Crippen molar-refractivity contribution in [1.29, 1.82) is 0 Å². The minimum atomic E-state index is -0.380. The highest BCUT2D eigenvalue weighted by Crippen LogP contribution is 2.30. The van der Waals surface area contributed by atoms with Crippen LogP contribution in [0.1, 0.15) is 27.2 Å². The maximum absolute atomic E-state index is 11.8. The molecule has 0 aromatic rings. The molecule has 0 saturated carbocycles. The highest BCUT2D eigenvalue weighted by molar-refractivity contribution is 5.69. The molecule has 0 unspecified atom stereocenters. The summed E-state index contributed by atoms with van der Waals surface area (Å²) in [5, 5.41) is 3.35. The van der Waals surface area contributed by atoms with E-state index >= 15 is 0 Å². The molecule has 0 aliphatic carbocycles. The van der Waals surface area contributed by atoms with E-state index in [9.17, 15) is 4.79 Å². The molecule has 2 rings (SSSR count). The summed E-state index contributed by atoms with van der Waals surface area (Å²) >= 11 is 0. The lowest BCUT2D eigenvalue weighted by atomic mass is 9.84. The van der Waals surface area contributed by atoms with Gasteiger partial charge < -0.3 is 15.0 Å². The fourth-order valence-corrected chi connectivity index (χ4v) is 2.29. The van der Waals surface area contributed by atoms with Crippen molar-refractivity contribution in [1.82, 2.24) is 10.2 Å². The number of piperidine rings is 1. The molecule has 0 radical (unpaired) electrons. The van der Waals surface area contributed by atoms with Crippen molar-refractivity contribution < 1.29 is 9.53 Å². The Balaban J connectivity index is 1.88. The van der Waals surface area contributed by atoms with Gasteiger partial charge in [0, 0.05) is 25.0 Å². The van der Waals surface area contributed by atoms with Crippen LogP contribution in [0, 0.1) is 5.92 Å². The number of fused-ring (bicyclic) bond motifs is 1. The monoisotopic (exact) mass is 212 g/mol. The molecule has 4 nitrogen and oxygen atoms in total. The number of hydrogen-bond acceptors (Lipinski definition) is 3. The van der Waals surface area contributed by atoms with Crippen molar-refractivity contribution in [3.05, 3.63) is 0 Å². The van der Waals surface area contributed by atoms with Crippen LogP contribution >= 0.6 is 0 Å². The molecule has 1 amide bonds. The van der Waals surface area contributed by atoms with Gasteiger partial charge in [-0.2, -0.15) is 0 Å². The van der Waals surface area contributed by atoms with Crippen molar-refractivity contribution in [2.24, 2.45) is 5.92 Å². The van der Waals surface area contributed by atoms with Crippen LogP contribution in [0.2, 0.25) is 0 Å². The zero-order chi connectivity index (χ0) is 11.1. The van der Waals surface area contributed by atoms with E-state index < -0.39 is 0 Å². The standard InChI is InChI=1S/C11H20N2O2/c1-11(2,3)15-10(14)13-7-8-6-12-5-4-9(8)13/h8-9,12H,4-7H2,1-3H3/t8-,9-/m1/s1. The van der Waals surface area contributed by atoms with Crippen LogP contribution < -0.4 is 5.32 Å². The van der Waals surface area contributed by atoms with Crippen LogP contribution in [0.15, 0.2) is 0 Å². The van der Waals surface area contributed by atoms with Gasteiger partial charge in [0.2, 0.25) is 0 Å². The predicted molar refractivity (Wildman–Crippen MR) is 57.7 cm³/mol. The van der Waals surface area contributed by atoms with Crippen LogP contribution in [-0.4, -0.2) is 42.3 Å². The first-order chi connectivity index (χ1) is 6.97. The molecule has 4 heteroatoms. The fourth-order valence-electron chi connectivity index (χ4n) is 2.29. The minimum absolute atomic E-state index is 0.148. The first-order valence-electron chi connectivity index (χ1n) is 5.68. The van der Waals surface area contributed by atoms with Crippen molar-refractivity contribution in [2.45, 2.75) is 38.8 Å². The number of amides is 1. The first kappa shape index (κ1) is 10.7. The second kappa shape index (κ2) is 3.67. The number of carbonyl (C=O) groups excluding carboxylic acids is 1. The highest BCUT2D eigenvalue weighted by atomic mass is 16.6. The molecule has 2 aliphatic rings. The Morgan fingerprint density at radius 2 is 2.20 bits per heavy atom. The highest BCUT2D eigenvalue weighted by Gasteiger charge is 2.44. The quantitative estimate of drug-likeness (QED) is 0.656. The Labute approximate surface area is 91.0 Å². The van der Waals surface area contributed by atoms with E-state index in [2.05, 4.69) is 5.32 Å². The molecule has 2 fully saturated rings. The summed E-state index contributed by atoms with van der Waals surface area (Å²) in [6.45, 7) is 8.64. The van der Waals surface area contributed by atoms with Gasteiger partial charge in [0.15, 0.2) is 0 Å². The Bertz CT molecular complexity index is 260. The third-order valence-electron chi connectivity index (χ3n) is 3.03. The van der Waals surface area contributed by atoms with E-state index in [0.29, 0.717) is 12.0 Å². The summed E-state index contributed by atoms with van der Waals surface area (Å²) < 4.78 is 5.36. The maximum atomic E-state index is 11.8. The van der Waals surface area contributed by atoms with Gasteiger partial charge in [-0.05, 0) is 33.7 Å². The van der Waals surface area contributed by atoms with Crippen molar-refractivity contribution in [3.8, 4) is 0 Å². The molecule has 0 bridgehead atoms. The molecule has 86 valence electrons. The van der Waals surface area contributed by atoms with Gasteiger partial charge in [-0.1, -0.05) is 0 Å². The number of ether oxygens (including phenoxy) is 1. The number of hydrogen-bond donors (Lipinski definition) is 1. The number of nitrogens with zero attached hydrogens (tertiary/aromatic N) is 1. The average Bonchev–Trinajstić information content (AvgIpc) is 2.03. The second-order valence-corrected chi connectivity index (χ2v) is 5.45. The van der Waals surface area contributed by atoms with E-state index in [1.807, 2.05) is 25.7 Å². The van der Waals surface area contributed by atoms with E-state index in [4.69, 9.17) is 4.74 Å². The Morgan fingerprint density at radius 1 is 1.47 bits per heavy atom. The lowest BCUT2D eigenvalue weighted by molar-refractivity contribution is -0.0385. The third kappa shape index (κ3) is 2.25. The van der Waals surface area contributed by atoms with E-state index in [1.165, 1.54) is 0 Å². The van der Waals surface area contributed by atoms with Crippen molar-refractivity contribution in [2.75, 3.05) is 19.6 Å². The summed E-state index contributed by atoms with van der Waals surface area (Å²) in [6.07, 6.45) is 0.912. The van der Waals surface area contributed by atoms with Crippen molar-refractivity contribution >= 4 is 6.09 Å². The van der Waals surface area contributed by atoms with E-state index in [0.717, 1.165) is 26.1 Å². The number of rotatable bonds is 0. The molecule has 2 saturated heterocycles. The van der Waals surface area contributed by atoms with Gasteiger partial charge in [-0.15, -0.1) is 0 Å². The number of likely N-dealkylation sites (tertiary alicyclic amines) is 1. The summed E-state index contributed by atoms with van der Waals surface area (Å²) in [4.78, 5) is 13.7. The molecule has 1 N–H and O–H groups in total. The second-order valence-electron chi connectivity index (χ2n) is 5.45. The van der Waals surface area contributed by atoms with Crippen LogP contribution in [0.25, 0.3) is 0 Å². The third-order valence-corrected chi connectivity index (χ3v) is 3.03. The summed E-state index contributed by atoms with van der Waals surface area (Å²) in [5.74, 6) is 0.645. The van der Waals surface area contributed by atoms with E-state index in [-0.39, 0.29) is 11.7 Å². The lowest BCUT2D eigenvalue weighted by Gasteiger charge is -2.50. The predicted octanol–water partition coefficient (Wildman–Crippen LogP) is 1.22. The molecular formula is C11H20N2O2. The zero-order valence-corrected chi connectivity index (χ0v) is 9.75. The van der Waals surface area contributed by atoms with E-state index in [1.54, 1.807) is 0 Å². The molecule has 15 heavy (non-hydrogen) atoms. The largest absolute Gasteiger partial charge is 0.444 e. The van der Waals surface area contributed by atoms with Gasteiger partial charge >= 0.3 is 6.09 Å². The zero-order valence-electron chi connectivity index (χ0n) is 9.75. The summed E-state index contributed by atoms with van der Waals surface area (Å²) in [7, 11) is 0.